The van der Waals surface area contributed by atoms with E-state index in [-0.39, 0.29) is 0 Å². The average Bonchev–Trinajstić information content (AvgIpc) is 3.14. The number of aromatic nitrogens is 4. The van der Waals surface area contributed by atoms with Crippen LogP contribution in [0.5, 0.6) is 0 Å². The smallest absolute Gasteiger partial charge is 0.212 e. The quantitative estimate of drug-likeness (QED) is 0.627. The highest BCUT2D eigenvalue weighted by atomic mass is 35.5. The number of halogens is 2. The summed E-state index contributed by atoms with van der Waals surface area (Å²) in [5, 5.41) is 18.4. The van der Waals surface area contributed by atoms with Crippen molar-refractivity contribution in [2.75, 3.05) is 18.0 Å². The molecule has 1 aliphatic rings. The summed E-state index contributed by atoms with van der Waals surface area (Å²) in [7, 11) is 1.95. The Labute approximate surface area is 167 Å². The molecule has 2 aromatic heterocycles. The number of piperidine rings is 1. The van der Waals surface area contributed by atoms with Crippen LogP contribution in [0.3, 0.4) is 0 Å². The minimum absolute atomic E-state index is 0.331. The highest BCUT2D eigenvalue weighted by molar-refractivity contribution is 6.31. The molecule has 3 aromatic rings. The summed E-state index contributed by atoms with van der Waals surface area (Å²) in [6.45, 7) is 1.55. The zero-order valence-corrected chi connectivity index (χ0v) is 16.1. The first kappa shape index (κ1) is 18.4. The van der Waals surface area contributed by atoms with E-state index in [4.69, 9.17) is 11.6 Å². The van der Waals surface area contributed by atoms with Gasteiger partial charge in [-0.3, -0.25) is 0 Å². The number of rotatable bonds is 3. The van der Waals surface area contributed by atoms with Crippen LogP contribution in [0.2, 0.25) is 5.02 Å². The minimum atomic E-state index is -0.544. The van der Waals surface area contributed by atoms with Gasteiger partial charge in [0.2, 0.25) is 5.95 Å². The van der Waals surface area contributed by atoms with Gasteiger partial charge >= 0.3 is 0 Å². The lowest BCUT2D eigenvalue weighted by Crippen LogP contribution is -2.34. The van der Waals surface area contributed by atoms with Crippen molar-refractivity contribution in [3.8, 4) is 17.2 Å². The highest BCUT2D eigenvalue weighted by Gasteiger charge is 2.27. The van der Waals surface area contributed by atoms with Gasteiger partial charge in [-0.2, -0.15) is 9.65 Å². The third-order valence-corrected chi connectivity index (χ3v) is 5.37. The maximum Gasteiger partial charge on any atom is 0.212 e. The molecule has 1 saturated heterocycles. The topological polar surface area (TPSA) is 70.6 Å². The van der Waals surface area contributed by atoms with Crippen LogP contribution >= 0.6 is 11.6 Å². The molecule has 0 bridgehead atoms. The van der Waals surface area contributed by atoms with E-state index in [1.807, 2.05) is 11.6 Å². The zero-order chi connectivity index (χ0) is 19.7. The normalized spacial score (nSPS) is 14.9. The monoisotopic (exact) mass is 396 g/mol. The molecule has 28 heavy (non-hydrogen) atoms. The fraction of sp³-hybridized carbons (Fsp3) is 0.300. The van der Waals surface area contributed by atoms with Gasteiger partial charge in [-0.05, 0) is 37.1 Å². The summed E-state index contributed by atoms with van der Waals surface area (Å²) in [4.78, 5) is 5.95. The standard InChI is InChI=1S/C20H18ClFN6/c1-27-12-25-26-20(27)13-4-6-28(7-5-13)19-15(10-23)8-16(21)9-17(19)14-2-3-18(22)24-11-14/h2-3,8-9,11-13H,4-7H2,1H3. The van der Waals surface area contributed by atoms with Crippen molar-refractivity contribution < 1.29 is 4.39 Å². The maximum absolute atomic E-state index is 13.3. The van der Waals surface area contributed by atoms with Crippen molar-refractivity contribution in [2.45, 2.75) is 18.8 Å². The van der Waals surface area contributed by atoms with Gasteiger partial charge in [-0.1, -0.05) is 11.6 Å². The predicted octanol–water partition coefficient (Wildman–Crippen LogP) is 3.93. The lowest BCUT2D eigenvalue weighted by molar-refractivity contribution is 0.474. The molecule has 142 valence electrons. The Kier molecular flexibility index (Phi) is 4.97. The highest BCUT2D eigenvalue weighted by Crippen LogP contribution is 2.39. The van der Waals surface area contributed by atoms with Crippen LogP contribution in [0, 0.1) is 17.3 Å². The van der Waals surface area contributed by atoms with E-state index in [9.17, 15) is 9.65 Å². The molecule has 0 atom stereocenters. The lowest BCUT2D eigenvalue weighted by Gasteiger charge is -2.35. The number of nitriles is 1. The molecule has 0 N–H and O–H groups in total. The van der Waals surface area contributed by atoms with E-state index in [1.54, 1.807) is 24.5 Å². The van der Waals surface area contributed by atoms with E-state index >= 15 is 0 Å². The van der Waals surface area contributed by atoms with Crippen molar-refractivity contribution in [1.29, 1.82) is 5.26 Å². The summed E-state index contributed by atoms with van der Waals surface area (Å²) in [6.07, 6.45) is 4.99. The number of benzene rings is 1. The molecule has 0 amide bonds. The summed E-state index contributed by atoms with van der Waals surface area (Å²) < 4.78 is 15.2. The van der Waals surface area contributed by atoms with E-state index < -0.39 is 5.95 Å². The molecule has 0 unspecified atom stereocenters. The molecule has 4 rings (SSSR count). The van der Waals surface area contributed by atoms with E-state index in [2.05, 4.69) is 26.2 Å². The molecule has 0 aliphatic carbocycles. The number of nitrogens with zero attached hydrogens (tertiary/aromatic N) is 6. The molecule has 1 aliphatic heterocycles. The number of hydrogen-bond donors (Lipinski definition) is 0. The Morgan fingerprint density at radius 1 is 1.25 bits per heavy atom. The largest absolute Gasteiger partial charge is 0.370 e. The first-order valence-corrected chi connectivity index (χ1v) is 9.39. The van der Waals surface area contributed by atoms with Gasteiger partial charge in [0.25, 0.3) is 0 Å². The molecule has 3 heterocycles. The Morgan fingerprint density at radius 2 is 2.04 bits per heavy atom. The third kappa shape index (κ3) is 3.43. The van der Waals surface area contributed by atoms with Crippen LogP contribution in [0.25, 0.3) is 11.1 Å². The van der Waals surface area contributed by atoms with Crippen molar-refractivity contribution in [2.24, 2.45) is 7.05 Å². The van der Waals surface area contributed by atoms with Gasteiger partial charge in [-0.15, -0.1) is 10.2 Å². The molecule has 6 nitrogen and oxygen atoms in total. The van der Waals surface area contributed by atoms with E-state index in [0.717, 1.165) is 48.6 Å². The second-order valence-corrected chi connectivity index (χ2v) is 7.33. The van der Waals surface area contributed by atoms with Gasteiger partial charge in [-0.25, -0.2) is 4.98 Å². The molecule has 1 aromatic carbocycles. The lowest BCUT2D eigenvalue weighted by atomic mass is 9.93. The first-order chi connectivity index (χ1) is 13.6. The van der Waals surface area contributed by atoms with Gasteiger partial charge in [0.15, 0.2) is 0 Å². The van der Waals surface area contributed by atoms with Gasteiger partial charge in [0, 0.05) is 48.4 Å². The van der Waals surface area contributed by atoms with Crippen LogP contribution < -0.4 is 4.90 Å². The molecule has 0 radical (unpaired) electrons. The summed E-state index contributed by atoms with van der Waals surface area (Å²) in [5.41, 5.74) is 2.83. The van der Waals surface area contributed by atoms with E-state index in [1.165, 1.54) is 12.3 Å². The number of anilines is 1. The van der Waals surface area contributed by atoms with Crippen LogP contribution in [0.15, 0.2) is 36.8 Å². The Hall–Kier alpha value is -2.98. The summed E-state index contributed by atoms with van der Waals surface area (Å²) >= 11 is 6.25. The number of pyridine rings is 1. The van der Waals surface area contributed by atoms with Crippen molar-refractivity contribution in [3.63, 3.8) is 0 Å². The molecule has 0 saturated carbocycles. The third-order valence-electron chi connectivity index (χ3n) is 5.16. The predicted molar refractivity (Wildman–Crippen MR) is 105 cm³/mol. The fourth-order valence-corrected chi connectivity index (χ4v) is 4.02. The minimum Gasteiger partial charge on any atom is -0.370 e. The number of hydrogen-bond acceptors (Lipinski definition) is 5. The number of aryl methyl sites for hydroxylation is 1. The first-order valence-electron chi connectivity index (χ1n) is 9.01. The Bertz CT molecular complexity index is 1030. The maximum atomic E-state index is 13.3. The Morgan fingerprint density at radius 3 is 2.64 bits per heavy atom. The zero-order valence-electron chi connectivity index (χ0n) is 15.3. The molecule has 1 fully saturated rings. The van der Waals surface area contributed by atoms with Crippen LogP contribution in [0.4, 0.5) is 10.1 Å². The van der Waals surface area contributed by atoms with Crippen LogP contribution in [-0.4, -0.2) is 32.8 Å². The second-order valence-electron chi connectivity index (χ2n) is 6.89. The Balaban J connectivity index is 1.68. The molecular formula is C20H18ClFN6. The summed E-state index contributed by atoms with van der Waals surface area (Å²) in [6, 6.07) is 8.71. The van der Waals surface area contributed by atoms with Gasteiger partial charge in [0.1, 0.15) is 18.2 Å². The molecular weight excluding hydrogens is 379 g/mol. The SMILES string of the molecule is Cn1cnnc1C1CCN(c2c(C#N)cc(Cl)cc2-c2ccc(F)nc2)CC1. The molecule has 8 heteroatoms. The van der Waals surface area contributed by atoms with Gasteiger partial charge in [0.05, 0.1) is 11.3 Å². The second kappa shape index (κ2) is 7.56. The van der Waals surface area contributed by atoms with Gasteiger partial charge < -0.3 is 9.47 Å². The fourth-order valence-electron chi connectivity index (χ4n) is 3.80. The van der Waals surface area contributed by atoms with Crippen molar-refractivity contribution in [3.05, 3.63) is 59.1 Å². The van der Waals surface area contributed by atoms with Crippen LogP contribution in [-0.2, 0) is 7.05 Å². The average molecular weight is 397 g/mol. The van der Waals surface area contributed by atoms with E-state index in [0.29, 0.717) is 16.5 Å². The van der Waals surface area contributed by atoms with Crippen molar-refractivity contribution in [1.82, 2.24) is 19.7 Å². The van der Waals surface area contributed by atoms with Crippen molar-refractivity contribution >= 4 is 17.3 Å². The molecule has 0 spiro atoms. The van der Waals surface area contributed by atoms with Crippen LogP contribution in [0.1, 0.15) is 30.1 Å². The summed E-state index contributed by atoms with van der Waals surface area (Å²) in [5.74, 6) is 0.772.